The van der Waals surface area contributed by atoms with Crippen LogP contribution in [0, 0.1) is 6.92 Å². The monoisotopic (exact) mass is 227 g/mol. The fraction of sp³-hybridized carbons (Fsp3) is 0.167. The van der Waals surface area contributed by atoms with E-state index in [1.807, 2.05) is 42.9 Å². The highest BCUT2D eigenvalue weighted by atomic mass is 15.3. The van der Waals surface area contributed by atoms with Crippen LogP contribution < -0.4 is 5.73 Å². The van der Waals surface area contributed by atoms with Crippen molar-refractivity contribution in [3.8, 4) is 5.69 Å². The molecule has 0 fully saturated rings. The van der Waals surface area contributed by atoms with E-state index in [0.29, 0.717) is 0 Å². The van der Waals surface area contributed by atoms with Crippen LogP contribution in [0.1, 0.15) is 5.69 Å². The minimum atomic E-state index is 0.727. The van der Waals surface area contributed by atoms with Crippen LogP contribution in [0.2, 0.25) is 0 Å². The zero-order valence-corrected chi connectivity index (χ0v) is 9.75. The number of nitrogen functional groups attached to an aromatic ring is 1. The van der Waals surface area contributed by atoms with Gasteiger partial charge in [0.05, 0.1) is 22.4 Å². The molecule has 0 bridgehead atoms. The summed E-state index contributed by atoms with van der Waals surface area (Å²) in [6, 6.07) is 5.73. The average Bonchev–Trinajstić information content (AvgIpc) is 2.81. The van der Waals surface area contributed by atoms with Gasteiger partial charge in [0, 0.05) is 18.9 Å². The van der Waals surface area contributed by atoms with Crippen molar-refractivity contribution in [2.45, 2.75) is 6.92 Å². The molecule has 1 aromatic carbocycles. The van der Waals surface area contributed by atoms with Crippen molar-refractivity contribution in [3.63, 3.8) is 0 Å². The Kier molecular flexibility index (Phi) is 1.95. The van der Waals surface area contributed by atoms with Crippen LogP contribution in [0.25, 0.3) is 16.7 Å². The van der Waals surface area contributed by atoms with Gasteiger partial charge in [0.15, 0.2) is 0 Å². The van der Waals surface area contributed by atoms with E-state index in [9.17, 15) is 0 Å². The molecule has 2 heterocycles. The van der Waals surface area contributed by atoms with Gasteiger partial charge in [0.25, 0.3) is 0 Å². The number of imidazole rings is 1. The zero-order valence-electron chi connectivity index (χ0n) is 9.75. The first-order chi connectivity index (χ1) is 8.15. The predicted molar refractivity (Wildman–Crippen MR) is 67.0 cm³/mol. The van der Waals surface area contributed by atoms with Crippen molar-refractivity contribution in [1.82, 2.24) is 19.3 Å². The molecule has 5 heteroatoms. The quantitative estimate of drug-likeness (QED) is 0.643. The first kappa shape index (κ1) is 9.89. The SMILES string of the molecule is Cc1nn(C)cc1-n1cnc2cc(N)ccc21. The third kappa shape index (κ3) is 1.47. The largest absolute Gasteiger partial charge is 0.399 e. The lowest BCUT2D eigenvalue weighted by atomic mass is 10.2. The van der Waals surface area contributed by atoms with E-state index in [1.165, 1.54) is 0 Å². The first-order valence-corrected chi connectivity index (χ1v) is 5.38. The Labute approximate surface area is 98.5 Å². The molecule has 0 atom stereocenters. The Morgan fingerprint density at radius 1 is 1.29 bits per heavy atom. The maximum atomic E-state index is 5.74. The van der Waals surface area contributed by atoms with Crippen LogP contribution in [-0.2, 0) is 7.05 Å². The standard InChI is InChI=1S/C12H13N5/c1-8-12(6-16(2)15-8)17-7-14-10-5-9(13)3-4-11(10)17/h3-7H,13H2,1-2H3. The minimum absolute atomic E-state index is 0.727. The van der Waals surface area contributed by atoms with Gasteiger partial charge in [-0.2, -0.15) is 5.10 Å². The highest BCUT2D eigenvalue weighted by Gasteiger charge is 2.09. The van der Waals surface area contributed by atoms with E-state index in [2.05, 4.69) is 10.1 Å². The number of rotatable bonds is 1. The van der Waals surface area contributed by atoms with Crippen molar-refractivity contribution in [2.75, 3.05) is 5.73 Å². The molecule has 0 unspecified atom stereocenters. The number of anilines is 1. The lowest BCUT2D eigenvalue weighted by molar-refractivity contribution is 0.756. The third-order valence-corrected chi connectivity index (χ3v) is 2.82. The van der Waals surface area contributed by atoms with Crippen molar-refractivity contribution in [3.05, 3.63) is 36.4 Å². The molecule has 0 radical (unpaired) electrons. The summed E-state index contributed by atoms with van der Waals surface area (Å²) in [7, 11) is 1.91. The van der Waals surface area contributed by atoms with Gasteiger partial charge in [0.2, 0.25) is 0 Å². The molecule has 2 N–H and O–H groups in total. The summed E-state index contributed by atoms with van der Waals surface area (Å²) >= 11 is 0. The highest BCUT2D eigenvalue weighted by molar-refractivity contribution is 5.80. The van der Waals surface area contributed by atoms with Gasteiger partial charge in [0.1, 0.15) is 6.33 Å². The van der Waals surface area contributed by atoms with E-state index < -0.39 is 0 Å². The Morgan fingerprint density at radius 3 is 2.82 bits per heavy atom. The van der Waals surface area contributed by atoms with Gasteiger partial charge < -0.3 is 5.73 Å². The zero-order chi connectivity index (χ0) is 12.0. The second-order valence-corrected chi connectivity index (χ2v) is 4.14. The molecule has 3 rings (SSSR count). The van der Waals surface area contributed by atoms with Crippen molar-refractivity contribution < 1.29 is 0 Å². The highest BCUT2D eigenvalue weighted by Crippen LogP contribution is 2.21. The van der Waals surface area contributed by atoms with E-state index in [1.54, 1.807) is 11.0 Å². The molecule has 0 aliphatic heterocycles. The summed E-state index contributed by atoms with van der Waals surface area (Å²) in [6.07, 6.45) is 3.78. The summed E-state index contributed by atoms with van der Waals surface area (Å²) in [4.78, 5) is 4.35. The molecule has 86 valence electrons. The fourth-order valence-electron chi connectivity index (χ4n) is 2.05. The minimum Gasteiger partial charge on any atom is -0.399 e. The fourth-order valence-corrected chi connectivity index (χ4v) is 2.05. The number of nitrogens with zero attached hydrogens (tertiary/aromatic N) is 4. The number of nitrogens with two attached hydrogens (primary N) is 1. The Hall–Kier alpha value is -2.30. The van der Waals surface area contributed by atoms with Crippen molar-refractivity contribution >= 4 is 16.7 Å². The summed E-state index contributed by atoms with van der Waals surface area (Å²) < 4.78 is 3.82. The molecular formula is C12H13N5. The molecule has 0 amide bonds. The molecule has 0 aliphatic carbocycles. The predicted octanol–water partition coefficient (Wildman–Crippen LogP) is 1.65. The van der Waals surface area contributed by atoms with Crippen molar-refractivity contribution in [2.24, 2.45) is 7.05 Å². The summed E-state index contributed by atoms with van der Waals surface area (Å²) in [5.74, 6) is 0. The summed E-state index contributed by atoms with van der Waals surface area (Å²) in [5.41, 5.74) is 10.4. The molecule has 17 heavy (non-hydrogen) atoms. The number of fused-ring (bicyclic) bond motifs is 1. The average molecular weight is 227 g/mol. The molecule has 2 aromatic heterocycles. The molecule has 0 saturated carbocycles. The number of aryl methyl sites for hydroxylation is 2. The number of hydrogen-bond donors (Lipinski definition) is 1. The number of aromatic nitrogens is 4. The maximum Gasteiger partial charge on any atom is 0.101 e. The molecule has 0 aliphatic rings. The van der Waals surface area contributed by atoms with Gasteiger partial charge in [-0.1, -0.05) is 0 Å². The summed E-state index contributed by atoms with van der Waals surface area (Å²) in [5, 5.41) is 4.33. The van der Waals surface area contributed by atoms with Crippen LogP contribution in [0.3, 0.4) is 0 Å². The van der Waals surface area contributed by atoms with E-state index in [-0.39, 0.29) is 0 Å². The normalized spacial score (nSPS) is 11.2. The smallest absolute Gasteiger partial charge is 0.101 e. The van der Waals surface area contributed by atoms with Crippen LogP contribution in [0.15, 0.2) is 30.7 Å². The lowest BCUT2D eigenvalue weighted by Gasteiger charge is -2.01. The first-order valence-electron chi connectivity index (χ1n) is 5.38. The van der Waals surface area contributed by atoms with E-state index in [4.69, 9.17) is 5.73 Å². The van der Waals surface area contributed by atoms with Crippen molar-refractivity contribution in [1.29, 1.82) is 0 Å². The van der Waals surface area contributed by atoms with E-state index >= 15 is 0 Å². The summed E-state index contributed by atoms with van der Waals surface area (Å²) in [6.45, 7) is 1.98. The van der Waals surface area contributed by atoms with Gasteiger partial charge >= 0.3 is 0 Å². The molecule has 5 nitrogen and oxygen atoms in total. The number of hydrogen-bond acceptors (Lipinski definition) is 3. The van der Waals surface area contributed by atoms with Gasteiger partial charge in [-0.05, 0) is 25.1 Å². The lowest BCUT2D eigenvalue weighted by Crippen LogP contribution is -1.92. The third-order valence-electron chi connectivity index (χ3n) is 2.82. The molecule has 0 saturated heterocycles. The second kappa shape index (κ2) is 3.35. The second-order valence-electron chi connectivity index (χ2n) is 4.14. The Balaban J connectivity index is 2.28. The van der Waals surface area contributed by atoms with E-state index in [0.717, 1.165) is 28.1 Å². The van der Waals surface area contributed by atoms with Crippen LogP contribution in [-0.4, -0.2) is 19.3 Å². The topological polar surface area (TPSA) is 61.7 Å². The Bertz CT molecular complexity index is 692. The maximum absolute atomic E-state index is 5.74. The van der Waals surface area contributed by atoms with Gasteiger partial charge in [-0.25, -0.2) is 4.98 Å². The van der Waals surface area contributed by atoms with Crippen LogP contribution in [0.5, 0.6) is 0 Å². The molecule has 0 spiro atoms. The molecule has 3 aromatic rings. The van der Waals surface area contributed by atoms with Gasteiger partial charge in [-0.3, -0.25) is 9.25 Å². The Morgan fingerprint density at radius 2 is 2.12 bits per heavy atom. The van der Waals surface area contributed by atoms with Crippen LogP contribution in [0.4, 0.5) is 5.69 Å². The number of benzene rings is 1. The van der Waals surface area contributed by atoms with Crippen LogP contribution >= 0.6 is 0 Å². The van der Waals surface area contributed by atoms with Gasteiger partial charge in [-0.15, -0.1) is 0 Å². The molecular weight excluding hydrogens is 214 g/mol.